The molecule has 7 heteroatoms. The number of aliphatic carboxylic acids is 1. The van der Waals surface area contributed by atoms with Crippen molar-refractivity contribution in [2.45, 2.75) is 25.9 Å². The zero-order valence-corrected chi connectivity index (χ0v) is 15.5. The first-order chi connectivity index (χ1) is 13.6. The SMILES string of the molecule is O=C(Nc1ccc(OCc2ccncc2)cc1)N1C[C@@H]2CCC[C@@]2(C(=O)O)C1. The van der Waals surface area contributed by atoms with Crippen molar-refractivity contribution in [2.24, 2.45) is 11.3 Å². The molecule has 1 saturated heterocycles. The minimum Gasteiger partial charge on any atom is -0.489 e. The molecule has 1 aliphatic carbocycles. The van der Waals surface area contributed by atoms with Gasteiger partial charge in [0, 0.05) is 31.2 Å². The quantitative estimate of drug-likeness (QED) is 0.828. The zero-order chi connectivity index (χ0) is 19.6. The monoisotopic (exact) mass is 381 g/mol. The van der Waals surface area contributed by atoms with Gasteiger partial charge >= 0.3 is 12.0 Å². The molecule has 0 spiro atoms. The summed E-state index contributed by atoms with van der Waals surface area (Å²) in [7, 11) is 0. The molecule has 2 aliphatic rings. The van der Waals surface area contributed by atoms with E-state index in [4.69, 9.17) is 4.74 Å². The van der Waals surface area contributed by atoms with Crippen molar-refractivity contribution >= 4 is 17.7 Å². The van der Waals surface area contributed by atoms with E-state index >= 15 is 0 Å². The van der Waals surface area contributed by atoms with E-state index < -0.39 is 11.4 Å². The Labute approximate surface area is 163 Å². The average molecular weight is 381 g/mol. The van der Waals surface area contributed by atoms with Gasteiger partial charge in [-0.15, -0.1) is 0 Å². The second-order valence-corrected chi connectivity index (χ2v) is 7.53. The van der Waals surface area contributed by atoms with Crippen LogP contribution in [0.4, 0.5) is 10.5 Å². The number of ether oxygens (including phenoxy) is 1. The topological polar surface area (TPSA) is 91.8 Å². The fraction of sp³-hybridized carbons (Fsp3) is 0.381. The van der Waals surface area contributed by atoms with Gasteiger partial charge in [0.2, 0.25) is 0 Å². The molecule has 2 heterocycles. The Hall–Kier alpha value is -3.09. The number of urea groups is 1. The van der Waals surface area contributed by atoms with Crippen molar-refractivity contribution in [1.82, 2.24) is 9.88 Å². The second kappa shape index (κ2) is 7.50. The number of carbonyl (C=O) groups excluding carboxylic acids is 1. The van der Waals surface area contributed by atoms with E-state index in [1.54, 1.807) is 41.6 Å². The molecule has 0 unspecified atom stereocenters. The van der Waals surface area contributed by atoms with Crippen LogP contribution in [0, 0.1) is 11.3 Å². The molecule has 28 heavy (non-hydrogen) atoms. The van der Waals surface area contributed by atoms with Gasteiger partial charge < -0.3 is 20.1 Å². The molecular formula is C21H23N3O4. The van der Waals surface area contributed by atoms with Crippen LogP contribution >= 0.6 is 0 Å². The second-order valence-electron chi connectivity index (χ2n) is 7.53. The van der Waals surface area contributed by atoms with E-state index in [1.807, 2.05) is 12.1 Å². The maximum Gasteiger partial charge on any atom is 0.321 e. The summed E-state index contributed by atoms with van der Waals surface area (Å²) < 4.78 is 5.73. The summed E-state index contributed by atoms with van der Waals surface area (Å²) in [6.07, 6.45) is 5.89. The number of nitrogens with zero attached hydrogens (tertiary/aromatic N) is 2. The largest absolute Gasteiger partial charge is 0.489 e. The van der Waals surface area contributed by atoms with E-state index in [1.165, 1.54) is 0 Å². The summed E-state index contributed by atoms with van der Waals surface area (Å²) in [5.41, 5.74) is 0.921. The number of likely N-dealkylation sites (tertiary alicyclic amines) is 1. The molecule has 4 rings (SSSR count). The summed E-state index contributed by atoms with van der Waals surface area (Å²) in [5.74, 6) is -0.0175. The number of pyridine rings is 1. The van der Waals surface area contributed by atoms with Gasteiger partial charge in [-0.05, 0) is 60.7 Å². The third-order valence-electron chi connectivity index (χ3n) is 5.84. The first-order valence-corrected chi connectivity index (χ1v) is 9.48. The zero-order valence-electron chi connectivity index (χ0n) is 15.5. The highest BCUT2D eigenvalue weighted by atomic mass is 16.5. The smallest absolute Gasteiger partial charge is 0.321 e. The van der Waals surface area contributed by atoms with Crippen LogP contribution < -0.4 is 10.1 Å². The van der Waals surface area contributed by atoms with E-state index in [-0.39, 0.29) is 18.5 Å². The maximum atomic E-state index is 12.6. The first kappa shape index (κ1) is 18.3. The minimum absolute atomic E-state index is 0.0553. The first-order valence-electron chi connectivity index (χ1n) is 9.48. The highest BCUT2D eigenvalue weighted by molar-refractivity contribution is 5.90. The molecule has 1 aromatic carbocycles. The van der Waals surface area contributed by atoms with Gasteiger partial charge in [-0.25, -0.2) is 4.79 Å². The number of benzene rings is 1. The third kappa shape index (κ3) is 3.52. The molecule has 1 aromatic heterocycles. The van der Waals surface area contributed by atoms with Crippen molar-refractivity contribution in [2.75, 3.05) is 18.4 Å². The van der Waals surface area contributed by atoms with Crippen molar-refractivity contribution in [1.29, 1.82) is 0 Å². The van der Waals surface area contributed by atoms with Crippen LogP contribution in [0.25, 0.3) is 0 Å². The summed E-state index contributed by atoms with van der Waals surface area (Å²) in [4.78, 5) is 30.0. The van der Waals surface area contributed by atoms with Crippen LogP contribution in [-0.2, 0) is 11.4 Å². The highest BCUT2D eigenvalue weighted by Gasteiger charge is 2.55. The van der Waals surface area contributed by atoms with Crippen LogP contribution in [0.2, 0.25) is 0 Å². The van der Waals surface area contributed by atoms with Crippen LogP contribution in [0.3, 0.4) is 0 Å². The number of rotatable bonds is 5. The molecule has 146 valence electrons. The highest BCUT2D eigenvalue weighted by Crippen LogP contribution is 2.48. The summed E-state index contributed by atoms with van der Waals surface area (Å²) >= 11 is 0. The average Bonchev–Trinajstić information content (AvgIpc) is 3.27. The van der Waals surface area contributed by atoms with Gasteiger partial charge in [0.15, 0.2) is 0 Å². The Morgan fingerprint density at radius 1 is 1.21 bits per heavy atom. The molecule has 2 N–H and O–H groups in total. The molecule has 1 aliphatic heterocycles. The van der Waals surface area contributed by atoms with Gasteiger partial charge in [-0.1, -0.05) is 6.42 Å². The van der Waals surface area contributed by atoms with Gasteiger partial charge in [-0.2, -0.15) is 0 Å². The van der Waals surface area contributed by atoms with Crippen molar-refractivity contribution in [3.63, 3.8) is 0 Å². The number of carboxylic acid groups (broad SMARTS) is 1. The number of carbonyl (C=O) groups is 2. The van der Waals surface area contributed by atoms with Crippen LogP contribution in [0.15, 0.2) is 48.8 Å². The van der Waals surface area contributed by atoms with E-state index in [9.17, 15) is 14.7 Å². The molecule has 2 amide bonds. The van der Waals surface area contributed by atoms with Gasteiger partial charge in [-0.3, -0.25) is 9.78 Å². The lowest BCUT2D eigenvalue weighted by atomic mass is 9.81. The standard InChI is InChI=1S/C21H23N3O4/c25-19(26)21-9-1-2-16(21)12-24(14-21)20(27)23-17-3-5-18(6-4-17)28-13-15-7-10-22-11-8-15/h3-8,10-11,16H,1-2,9,12-14H2,(H,23,27)(H,25,26)/t16-,21+/m0/s1. The van der Waals surface area contributed by atoms with Gasteiger partial charge in [0.1, 0.15) is 12.4 Å². The molecule has 7 nitrogen and oxygen atoms in total. The Bertz CT molecular complexity index is 856. The number of aromatic nitrogens is 1. The number of fused-ring (bicyclic) bond motifs is 1. The lowest BCUT2D eigenvalue weighted by Gasteiger charge is -2.23. The fourth-order valence-electron chi connectivity index (χ4n) is 4.28. The lowest BCUT2D eigenvalue weighted by Crippen LogP contribution is -2.38. The van der Waals surface area contributed by atoms with Crippen LogP contribution in [-0.4, -0.2) is 40.1 Å². The molecule has 2 aromatic rings. The number of nitrogens with one attached hydrogen (secondary N) is 1. The van der Waals surface area contributed by atoms with Crippen molar-refractivity contribution in [3.05, 3.63) is 54.4 Å². The Kier molecular flexibility index (Phi) is 4.90. The fourth-order valence-corrected chi connectivity index (χ4v) is 4.28. The normalized spacial score (nSPS) is 23.3. The van der Waals surface area contributed by atoms with Gasteiger partial charge in [0.25, 0.3) is 0 Å². The van der Waals surface area contributed by atoms with E-state index in [0.29, 0.717) is 31.0 Å². The van der Waals surface area contributed by atoms with Crippen LogP contribution in [0.5, 0.6) is 5.75 Å². The molecular weight excluding hydrogens is 358 g/mol. The van der Waals surface area contributed by atoms with Gasteiger partial charge in [0.05, 0.1) is 5.41 Å². The van der Waals surface area contributed by atoms with E-state index in [2.05, 4.69) is 10.3 Å². The Morgan fingerprint density at radius 3 is 2.64 bits per heavy atom. The van der Waals surface area contributed by atoms with Crippen LogP contribution in [0.1, 0.15) is 24.8 Å². The molecule has 0 radical (unpaired) electrons. The number of carboxylic acids is 1. The van der Waals surface area contributed by atoms with E-state index in [0.717, 1.165) is 18.4 Å². The van der Waals surface area contributed by atoms with Crippen molar-refractivity contribution in [3.8, 4) is 5.75 Å². The molecule has 0 bridgehead atoms. The predicted molar refractivity (Wildman–Crippen MR) is 103 cm³/mol. The Balaban J connectivity index is 1.33. The summed E-state index contributed by atoms with van der Waals surface area (Å²) in [6, 6.07) is 10.7. The molecule has 2 fully saturated rings. The summed E-state index contributed by atoms with van der Waals surface area (Å²) in [6.45, 7) is 1.23. The van der Waals surface area contributed by atoms with Crippen molar-refractivity contribution < 1.29 is 19.4 Å². The maximum absolute atomic E-state index is 12.6. The number of anilines is 1. The predicted octanol–water partition coefficient (Wildman–Crippen LogP) is 3.38. The lowest BCUT2D eigenvalue weighted by molar-refractivity contribution is -0.149. The molecule has 1 saturated carbocycles. The minimum atomic E-state index is -0.777. The number of hydrogen-bond donors (Lipinski definition) is 2. The number of hydrogen-bond acceptors (Lipinski definition) is 4. The number of amides is 2. The third-order valence-corrected chi connectivity index (χ3v) is 5.84. The molecule has 2 atom stereocenters. The summed E-state index contributed by atoms with van der Waals surface area (Å²) in [5, 5.41) is 12.5. The Morgan fingerprint density at radius 2 is 1.96 bits per heavy atom.